The van der Waals surface area contributed by atoms with Gasteiger partial charge in [-0.1, -0.05) is 50.5 Å². The number of unbranched alkanes of at least 4 members (excludes halogenated alkanes) is 1. The second kappa shape index (κ2) is 7.79. The van der Waals surface area contributed by atoms with Crippen LogP contribution in [0.1, 0.15) is 51.0 Å². The van der Waals surface area contributed by atoms with Gasteiger partial charge in [-0.3, -0.25) is 0 Å². The molecule has 1 aromatic carbocycles. The fraction of sp³-hybridized carbons (Fsp3) is 0.556. The molecule has 2 rings (SSSR count). The Morgan fingerprint density at radius 1 is 1.24 bits per heavy atom. The minimum Gasteiger partial charge on any atom is -0.223 e. The molecule has 0 amide bonds. The van der Waals surface area contributed by atoms with Crippen LogP contribution in [0, 0.1) is 5.92 Å². The maximum atomic E-state index is 12.4. The first-order valence-corrected chi connectivity index (χ1v) is 9.75. The second-order valence-corrected chi connectivity index (χ2v) is 8.04. The summed E-state index contributed by atoms with van der Waals surface area (Å²) in [6.45, 7) is 2.15. The van der Waals surface area contributed by atoms with Crippen molar-refractivity contribution in [1.29, 1.82) is 0 Å². The van der Waals surface area contributed by atoms with Crippen molar-refractivity contribution in [3.63, 3.8) is 0 Å². The Hall–Kier alpha value is -1.09. The van der Waals surface area contributed by atoms with Crippen molar-refractivity contribution in [3.8, 4) is 0 Å². The largest absolute Gasteiger partial charge is 0.223 e. The van der Waals surface area contributed by atoms with Gasteiger partial charge in [0.1, 0.15) is 0 Å². The van der Waals surface area contributed by atoms with E-state index in [1.807, 2.05) is 24.3 Å². The lowest BCUT2D eigenvalue weighted by Gasteiger charge is -2.06. The molecule has 116 valence electrons. The third kappa shape index (κ3) is 4.99. The lowest BCUT2D eigenvalue weighted by Crippen LogP contribution is -2.05. The maximum absolute atomic E-state index is 12.4. The van der Waals surface area contributed by atoms with Crippen LogP contribution >= 0.6 is 0 Å². The topological polar surface area (TPSA) is 34.1 Å². The smallest absolute Gasteiger partial charge is 0.181 e. The van der Waals surface area contributed by atoms with Crippen LogP contribution in [0.25, 0.3) is 0 Å². The maximum Gasteiger partial charge on any atom is 0.181 e. The molecule has 0 aliphatic heterocycles. The van der Waals surface area contributed by atoms with E-state index < -0.39 is 9.84 Å². The molecular weight excluding hydrogens is 280 g/mol. The molecule has 1 saturated carbocycles. The molecule has 0 unspecified atom stereocenters. The summed E-state index contributed by atoms with van der Waals surface area (Å²) in [4.78, 5) is 0.465. The molecule has 0 spiro atoms. The second-order valence-electron chi connectivity index (χ2n) is 6.01. The third-order valence-electron chi connectivity index (χ3n) is 4.20. The number of aryl methyl sites for hydroxylation is 1. The summed E-state index contributed by atoms with van der Waals surface area (Å²) in [5.41, 5.74) is 1.12. The average molecular weight is 306 g/mol. The van der Waals surface area contributed by atoms with Crippen molar-refractivity contribution in [2.45, 2.75) is 56.8 Å². The van der Waals surface area contributed by atoms with Gasteiger partial charge < -0.3 is 0 Å². The Bertz CT molecular complexity index is 567. The molecule has 1 aliphatic carbocycles. The van der Waals surface area contributed by atoms with Gasteiger partial charge in [0.2, 0.25) is 0 Å². The lowest BCUT2D eigenvalue weighted by molar-refractivity contribution is 0.598. The number of rotatable bonds is 7. The summed E-state index contributed by atoms with van der Waals surface area (Å²) in [5.74, 6) is 0.719. The van der Waals surface area contributed by atoms with Crippen molar-refractivity contribution < 1.29 is 8.42 Å². The van der Waals surface area contributed by atoms with Crippen LogP contribution in [0.5, 0.6) is 0 Å². The highest BCUT2D eigenvalue weighted by Gasteiger charge is 2.15. The molecule has 2 nitrogen and oxygen atoms in total. The van der Waals surface area contributed by atoms with Crippen LogP contribution in [0.2, 0.25) is 0 Å². The van der Waals surface area contributed by atoms with E-state index >= 15 is 0 Å². The zero-order valence-corrected chi connectivity index (χ0v) is 13.7. The van der Waals surface area contributed by atoms with Crippen molar-refractivity contribution in [2.75, 3.05) is 5.75 Å². The van der Waals surface area contributed by atoms with Gasteiger partial charge in [0.05, 0.1) is 10.6 Å². The normalized spacial score (nSPS) is 16.8. The van der Waals surface area contributed by atoms with Crippen LogP contribution < -0.4 is 0 Å². The molecule has 0 bridgehead atoms. The minimum absolute atomic E-state index is 0.126. The number of hydrogen-bond acceptors (Lipinski definition) is 2. The fourth-order valence-electron chi connectivity index (χ4n) is 2.90. The van der Waals surface area contributed by atoms with E-state index in [1.165, 1.54) is 25.7 Å². The quantitative estimate of drug-likeness (QED) is 0.693. The monoisotopic (exact) mass is 306 g/mol. The minimum atomic E-state index is -3.19. The van der Waals surface area contributed by atoms with Gasteiger partial charge in [-0.05, 0) is 49.3 Å². The Balaban J connectivity index is 2.00. The summed E-state index contributed by atoms with van der Waals surface area (Å²) in [6, 6.07) is 7.43. The number of sulfone groups is 1. The molecule has 0 saturated heterocycles. The van der Waals surface area contributed by atoms with Crippen molar-refractivity contribution in [2.24, 2.45) is 5.92 Å². The van der Waals surface area contributed by atoms with Crippen LogP contribution in [-0.4, -0.2) is 14.2 Å². The summed E-state index contributed by atoms with van der Waals surface area (Å²) >= 11 is 0. The van der Waals surface area contributed by atoms with Gasteiger partial charge in [0, 0.05) is 0 Å². The van der Waals surface area contributed by atoms with E-state index in [-0.39, 0.29) is 5.75 Å². The van der Waals surface area contributed by atoms with E-state index in [4.69, 9.17) is 0 Å². The number of allylic oxidation sites excluding steroid dienone is 1. The molecule has 3 heteroatoms. The van der Waals surface area contributed by atoms with Gasteiger partial charge in [-0.15, -0.1) is 0 Å². The van der Waals surface area contributed by atoms with Crippen molar-refractivity contribution in [1.82, 2.24) is 0 Å². The molecule has 21 heavy (non-hydrogen) atoms. The van der Waals surface area contributed by atoms with E-state index in [2.05, 4.69) is 13.0 Å². The summed E-state index contributed by atoms with van der Waals surface area (Å²) < 4.78 is 24.8. The number of benzene rings is 1. The highest BCUT2D eigenvalue weighted by Crippen LogP contribution is 2.25. The van der Waals surface area contributed by atoms with Gasteiger partial charge in [0.25, 0.3) is 0 Å². The van der Waals surface area contributed by atoms with Crippen LogP contribution in [0.3, 0.4) is 0 Å². The van der Waals surface area contributed by atoms with Gasteiger partial charge >= 0.3 is 0 Å². The van der Waals surface area contributed by atoms with Crippen molar-refractivity contribution >= 4 is 9.84 Å². The van der Waals surface area contributed by atoms with Crippen LogP contribution in [0.4, 0.5) is 0 Å². The SMILES string of the molecule is CCCCc1cccc(S(=O)(=O)CC=CC2CCCC2)c1. The van der Waals surface area contributed by atoms with Gasteiger partial charge in [-0.25, -0.2) is 8.42 Å². The van der Waals surface area contributed by atoms with Crippen molar-refractivity contribution in [3.05, 3.63) is 42.0 Å². The van der Waals surface area contributed by atoms with E-state index in [1.54, 1.807) is 6.07 Å². The number of hydrogen-bond donors (Lipinski definition) is 0. The van der Waals surface area contributed by atoms with E-state index in [0.717, 1.165) is 24.8 Å². The first-order valence-electron chi connectivity index (χ1n) is 8.10. The zero-order chi connectivity index (χ0) is 15.1. The average Bonchev–Trinajstić information content (AvgIpc) is 2.98. The van der Waals surface area contributed by atoms with E-state index in [9.17, 15) is 8.42 Å². The van der Waals surface area contributed by atoms with Gasteiger partial charge in [-0.2, -0.15) is 0 Å². The fourth-order valence-corrected chi connectivity index (χ4v) is 4.07. The molecule has 1 aromatic rings. The zero-order valence-electron chi connectivity index (χ0n) is 12.9. The predicted molar refractivity (Wildman–Crippen MR) is 88.2 cm³/mol. The highest BCUT2D eigenvalue weighted by molar-refractivity contribution is 7.91. The molecular formula is C18H26O2S. The molecule has 1 aliphatic rings. The third-order valence-corrected chi connectivity index (χ3v) is 5.80. The standard InChI is InChI=1S/C18H26O2S/c1-2-3-8-17-11-6-13-18(15-17)21(19,20)14-7-12-16-9-4-5-10-16/h6-7,11-13,15-16H,2-5,8-10,14H2,1H3. The molecule has 1 fully saturated rings. The molecule has 0 aromatic heterocycles. The Morgan fingerprint density at radius 3 is 2.71 bits per heavy atom. The van der Waals surface area contributed by atoms with E-state index in [0.29, 0.717) is 10.8 Å². The van der Waals surface area contributed by atoms with Gasteiger partial charge in [0.15, 0.2) is 9.84 Å². The predicted octanol–water partition coefficient (Wildman–Crippen LogP) is 4.55. The summed E-state index contributed by atoms with van der Waals surface area (Å²) in [7, 11) is -3.19. The first kappa shape index (κ1) is 16.3. The molecule has 0 heterocycles. The van der Waals surface area contributed by atoms with Crippen LogP contribution in [-0.2, 0) is 16.3 Å². The first-order chi connectivity index (χ1) is 10.1. The lowest BCUT2D eigenvalue weighted by atomic mass is 10.1. The Morgan fingerprint density at radius 2 is 2.00 bits per heavy atom. The summed E-state index contributed by atoms with van der Waals surface area (Å²) in [6.07, 6.45) is 12.1. The molecule has 0 N–H and O–H groups in total. The van der Waals surface area contributed by atoms with Crippen LogP contribution in [0.15, 0.2) is 41.3 Å². The Kier molecular flexibility index (Phi) is 6.04. The summed E-state index contributed by atoms with van der Waals surface area (Å²) in [5, 5.41) is 0. The molecule has 0 atom stereocenters. The Labute approximate surface area is 129 Å². The molecule has 0 radical (unpaired) electrons. The highest BCUT2D eigenvalue weighted by atomic mass is 32.2.